The molecule has 0 fully saturated rings. The van der Waals surface area contributed by atoms with Crippen LogP contribution in [-0.4, -0.2) is 18.2 Å². The van der Waals surface area contributed by atoms with Crippen molar-refractivity contribution in [3.8, 4) is 0 Å². The van der Waals surface area contributed by atoms with E-state index in [2.05, 4.69) is 0 Å². The van der Waals surface area contributed by atoms with Gasteiger partial charge in [-0.2, -0.15) is 0 Å². The topological polar surface area (TPSA) is 43.1 Å². The first-order valence-electron chi connectivity index (χ1n) is 3.00. The van der Waals surface area contributed by atoms with Gasteiger partial charge in [-0.3, -0.25) is 4.79 Å². The average Bonchev–Trinajstić information content (AvgIpc) is 1.89. The maximum atomic E-state index is 9.82. The Kier molecular flexibility index (Phi) is 5.99. The van der Waals surface area contributed by atoms with Crippen molar-refractivity contribution in [3.05, 3.63) is 0 Å². The smallest absolute Gasteiger partial charge is 0.216 e. The molecule has 1 atom stereocenters. The molecule has 0 amide bonds. The lowest BCUT2D eigenvalue weighted by Gasteiger charge is -1.98. The molecule has 0 aliphatic carbocycles. The average molecular weight is 149 g/mol. The third-order valence-electron chi connectivity index (χ3n) is 1.05. The predicted octanol–water partition coefficient (Wildman–Crippen LogP) is 0.832. The molecule has 0 aliphatic heterocycles. The van der Waals surface area contributed by atoms with E-state index in [4.69, 9.17) is 17.3 Å². The molecule has 1 unspecified atom stereocenters. The van der Waals surface area contributed by atoms with Gasteiger partial charge in [0.2, 0.25) is 6.29 Å². The second kappa shape index (κ2) is 6.05. The van der Waals surface area contributed by atoms with Gasteiger partial charge in [-0.25, -0.2) is 0 Å². The van der Waals surface area contributed by atoms with Gasteiger partial charge >= 0.3 is 0 Å². The molecule has 0 spiro atoms. The molecule has 53 valence electrons. The molecule has 0 bridgehead atoms. The molecular weight excluding hydrogens is 138 g/mol. The lowest BCUT2D eigenvalue weighted by molar-refractivity contribution is 0.531. The first-order valence-corrected chi connectivity index (χ1v) is 3.54. The van der Waals surface area contributed by atoms with Crippen LogP contribution in [0.4, 0.5) is 0 Å². The van der Waals surface area contributed by atoms with Crippen LogP contribution in [0, 0.1) is 0 Å². The number of hydrogen-bond acceptors (Lipinski definition) is 2. The van der Waals surface area contributed by atoms with Gasteiger partial charge in [-0.15, -0.1) is 11.6 Å². The highest BCUT2D eigenvalue weighted by atomic mass is 35.5. The Bertz CT molecular complexity index is 77.5. The molecule has 0 saturated heterocycles. The van der Waals surface area contributed by atoms with E-state index in [0.29, 0.717) is 12.3 Å². The van der Waals surface area contributed by atoms with E-state index < -0.39 is 6.04 Å². The summed E-state index contributed by atoms with van der Waals surface area (Å²) >= 11 is 5.39. The normalized spacial score (nSPS) is 13.1. The summed E-state index contributed by atoms with van der Waals surface area (Å²) in [7, 11) is 0. The summed E-state index contributed by atoms with van der Waals surface area (Å²) in [5, 5.41) is 0. The number of halogens is 1. The minimum absolute atomic E-state index is 0.409. The van der Waals surface area contributed by atoms with Crippen molar-refractivity contribution in [1.82, 2.24) is 0 Å². The molecule has 3 heteroatoms. The van der Waals surface area contributed by atoms with Crippen LogP contribution >= 0.6 is 11.6 Å². The fourth-order valence-corrected chi connectivity index (χ4v) is 0.707. The predicted molar refractivity (Wildman–Crippen MR) is 38.2 cm³/mol. The summed E-state index contributed by atoms with van der Waals surface area (Å²) in [4.78, 5) is 9.82. The SMILES string of the molecule is NC([C]=O)CCCCCl. The highest BCUT2D eigenvalue weighted by Crippen LogP contribution is 1.97. The minimum Gasteiger partial charge on any atom is -0.321 e. The zero-order chi connectivity index (χ0) is 7.11. The van der Waals surface area contributed by atoms with Crippen LogP contribution in [0.3, 0.4) is 0 Å². The molecule has 0 rings (SSSR count). The van der Waals surface area contributed by atoms with Gasteiger partial charge in [0.1, 0.15) is 0 Å². The Hall–Kier alpha value is -0.0800. The van der Waals surface area contributed by atoms with Crippen molar-refractivity contribution in [1.29, 1.82) is 0 Å². The molecule has 0 saturated carbocycles. The number of hydrogen-bond donors (Lipinski definition) is 1. The minimum atomic E-state index is -0.409. The van der Waals surface area contributed by atoms with Crippen molar-refractivity contribution in [2.45, 2.75) is 25.3 Å². The molecular formula is C6H11ClNO. The fraction of sp³-hybridized carbons (Fsp3) is 0.833. The Morgan fingerprint density at radius 3 is 2.67 bits per heavy atom. The highest BCUT2D eigenvalue weighted by Gasteiger charge is 1.98. The van der Waals surface area contributed by atoms with Gasteiger partial charge in [-0.1, -0.05) is 6.42 Å². The zero-order valence-corrected chi connectivity index (χ0v) is 6.03. The van der Waals surface area contributed by atoms with Crippen molar-refractivity contribution in [2.24, 2.45) is 5.73 Å². The summed E-state index contributed by atoms with van der Waals surface area (Å²) in [6, 6.07) is -0.409. The van der Waals surface area contributed by atoms with Crippen LogP contribution in [0.1, 0.15) is 19.3 Å². The lowest BCUT2D eigenvalue weighted by atomic mass is 10.1. The molecule has 0 aliphatic rings. The Morgan fingerprint density at radius 1 is 1.56 bits per heavy atom. The molecule has 2 N–H and O–H groups in total. The largest absolute Gasteiger partial charge is 0.321 e. The Labute approximate surface area is 60.4 Å². The van der Waals surface area contributed by atoms with E-state index in [9.17, 15) is 4.79 Å². The number of unbranched alkanes of at least 4 members (excludes halogenated alkanes) is 1. The first kappa shape index (κ1) is 8.92. The van der Waals surface area contributed by atoms with Gasteiger partial charge in [-0.05, 0) is 12.8 Å². The van der Waals surface area contributed by atoms with E-state index >= 15 is 0 Å². The zero-order valence-electron chi connectivity index (χ0n) is 5.27. The first-order chi connectivity index (χ1) is 4.31. The Morgan fingerprint density at radius 2 is 2.22 bits per heavy atom. The monoisotopic (exact) mass is 148 g/mol. The van der Waals surface area contributed by atoms with Gasteiger partial charge in [0.05, 0.1) is 6.04 Å². The van der Waals surface area contributed by atoms with Gasteiger partial charge < -0.3 is 5.73 Å². The van der Waals surface area contributed by atoms with Gasteiger partial charge in [0.15, 0.2) is 0 Å². The van der Waals surface area contributed by atoms with Crippen LogP contribution in [0.25, 0.3) is 0 Å². The van der Waals surface area contributed by atoms with Crippen molar-refractivity contribution in [2.75, 3.05) is 5.88 Å². The van der Waals surface area contributed by atoms with Crippen LogP contribution in [-0.2, 0) is 4.79 Å². The molecule has 9 heavy (non-hydrogen) atoms. The van der Waals surface area contributed by atoms with Crippen molar-refractivity contribution >= 4 is 17.9 Å². The molecule has 1 radical (unpaired) electrons. The van der Waals surface area contributed by atoms with Crippen LogP contribution < -0.4 is 5.73 Å². The quantitative estimate of drug-likeness (QED) is 0.464. The summed E-state index contributed by atoms with van der Waals surface area (Å²) in [6.45, 7) is 0. The van der Waals surface area contributed by atoms with Crippen molar-refractivity contribution in [3.63, 3.8) is 0 Å². The highest BCUT2D eigenvalue weighted by molar-refractivity contribution is 6.17. The second-order valence-corrected chi connectivity index (χ2v) is 2.29. The molecule has 0 aromatic carbocycles. The van der Waals surface area contributed by atoms with E-state index in [-0.39, 0.29) is 0 Å². The number of nitrogens with two attached hydrogens (primary N) is 1. The summed E-state index contributed by atoms with van der Waals surface area (Å²) < 4.78 is 0. The molecule has 0 heterocycles. The van der Waals surface area contributed by atoms with Crippen LogP contribution in [0.5, 0.6) is 0 Å². The third kappa shape index (κ3) is 5.80. The third-order valence-corrected chi connectivity index (χ3v) is 1.32. The summed E-state index contributed by atoms with van der Waals surface area (Å²) in [5.41, 5.74) is 5.25. The molecule has 0 aromatic heterocycles. The van der Waals surface area contributed by atoms with E-state index in [1.54, 1.807) is 6.29 Å². The number of rotatable bonds is 5. The van der Waals surface area contributed by atoms with E-state index in [0.717, 1.165) is 12.8 Å². The lowest BCUT2D eigenvalue weighted by Crippen LogP contribution is -2.20. The summed E-state index contributed by atoms with van der Waals surface area (Å²) in [6.07, 6.45) is 4.26. The Balaban J connectivity index is 2.96. The standard InChI is InChI=1S/C6H11ClNO/c7-4-2-1-3-6(8)5-9/h6H,1-4,8H2. The van der Waals surface area contributed by atoms with E-state index in [1.165, 1.54) is 0 Å². The molecule has 2 nitrogen and oxygen atoms in total. The number of alkyl halides is 1. The van der Waals surface area contributed by atoms with Crippen molar-refractivity contribution < 1.29 is 4.79 Å². The fourth-order valence-electron chi connectivity index (χ4n) is 0.518. The summed E-state index contributed by atoms with van der Waals surface area (Å²) in [5.74, 6) is 0.644. The van der Waals surface area contributed by atoms with Gasteiger partial charge in [0, 0.05) is 5.88 Å². The number of carbonyl (C=O) groups excluding carboxylic acids is 1. The van der Waals surface area contributed by atoms with Crippen LogP contribution in [0.2, 0.25) is 0 Å². The van der Waals surface area contributed by atoms with E-state index in [1.807, 2.05) is 0 Å². The maximum Gasteiger partial charge on any atom is 0.216 e. The second-order valence-electron chi connectivity index (χ2n) is 1.91. The maximum absolute atomic E-state index is 9.82. The van der Waals surface area contributed by atoms with Gasteiger partial charge in [0.25, 0.3) is 0 Å². The van der Waals surface area contributed by atoms with Crippen LogP contribution in [0.15, 0.2) is 0 Å². The molecule has 0 aromatic rings.